The summed E-state index contributed by atoms with van der Waals surface area (Å²) in [6, 6.07) is 9.40. The zero-order valence-electron chi connectivity index (χ0n) is 11.6. The van der Waals surface area contributed by atoms with E-state index in [9.17, 15) is 10.5 Å². The van der Waals surface area contributed by atoms with E-state index in [0.29, 0.717) is 38.5 Å². The van der Waals surface area contributed by atoms with Gasteiger partial charge in [-0.3, -0.25) is 0 Å². The molecular weight excluding hydrogens is 248 g/mol. The summed E-state index contributed by atoms with van der Waals surface area (Å²) in [6.45, 7) is 0. The van der Waals surface area contributed by atoms with E-state index in [2.05, 4.69) is 24.3 Å². The van der Waals surface area contributed by atoms with Crippen molar-refractivity contribution in [3.63, 3.8) is 0 Å². The van der Waals surface area contributed by atoms with E-state index >= 15 is 0 Å². The molecule has 0 radical (unpaired) electrons. The Morgan fingerprint density at radius 2 is 1.30 bits per heavy atom. The van der Waals surface area contributed by atoms with E-state index in [0.717, 1.165) is 12.8 Å². The van der Waals surface area contributed by atoms with Crippen molar-refractivity contribution >= 4 is 0 Å². The largest absolute Gasteiger partial charge is 0.198 e. The first-order chi connectivity index (χ1) is 9.65. The molecule has 0 saturated heterocycles. The number of hydrogen-bond donors (Lipinski definition) is 0. The molecule has 2 atom stereocenters. The summed E-state index contributed by atoms with van der Waals surface area (Å²) in [4.78, 5) is 0. The second-order valence-corrected chi connectivity index (χ2v) is 6.21. The molecule has 102 valence electrons. The van der Waals surface area contributed by atoms with Gasteiger partial charge in [0.05, 0.1) is 35.1 Å². The SMILES string of the molecule is N#CC1CCC(C#N)(C2(C#N)CCCC(C#N)C2)CC1. The highest BCUT2D eigenvalue weighted by Crippen LogP contribution is 2.57. The Bertz CT molecular complexity index is 531. The molecule has 0 amide bonds. The molecule has 2 aliphatic carbocycles. The Kier molecular flexibility index (Phi) is 3.97. The number of nitrogens with zero attached hydrogens (tertiary/aromatic N) is 4. The van der Waals surface area contributed by atoms with Gasteiger partial charge in [0.2, 0.25) is 0 Å². The van der Waals surface area contributed by atoms with Crippen molar-refractivity contribution in [2.24, 2.45) is 22.7 Å². The smallest absolute Gasteiger partial charge is 0.0772 e. The van der Waals surface area contributed by atoms with Gasteiger partial charge in [0.15, 0.2) is 0 Å². The average molecular weight is 266 g/mol. The fraction of sp³-hybridized carbons (Fsp3) is 0.750. The van der Waals surface area contributed by atoms with Crippen molar-refractivity contribution < 1.29 is 0 Å². The van der Waals surface area contributed by atoms with Gasteiger partial charge in [-0.1, -0.05) is 6.42 Å². The van der Waals surface area contributed by atoms with E-state index in [1.807, 2.05) is 0 Å². The molecule has 20 heavy (non-hydrogen) atoms. The van der Waals surface area contributed by atoms with Gasteiger partial charge < -0.3 is 0 Å². The predicted octanol–water partition coefficient (Wildman–Crippen LogP) is 3.43. The monoisotopic (exact) mass is 266 g/mol. The van der Waals surface area contributed by atoms with Crippen LogP contribution in [-0.2, 0) is 0 Å². The van der Waals surface area contributed by atoms with Crippen LogP contribution in [-0.4, -0.2) is 0 Å². The van der Waals surface area contributed by atoms with Crippen LogP contribution >= 0.6 is 0 Å². The lowest BCUT2D eigenvalue weighted by Gasteiger charge is -2.47. The first kappa shape index (κ1) is 14.4. The topological polar surface area (TPSA) is 95.2 Å². The molecule has 4 nitrogen and oxygen atoms in total. The summed E-state index contributed by atoms with van der Waals surface area (Å²) in [5.41, 5.74) is -1.36. The van der Waals surface area contributed by atoms with Crippen molar-refractivity contribution in [2.75, 3.05) is 0 Å². The summed E-state index contributed by atoms with van der Waals surface area (Å²) < 4.78 is 0. The number of rotatable bonds is 1. The maximum atomic E-state index is 9.75. The Labute approximate surface area is 120 Å². The minimum absolute atomic E-state index is 0.0163. The van der Waals surface area contributed by atoms with Gasteiger partial charge in [-0.05, 0) is 44.9 Å². The highest BCUT2D eigenvalue weighted by molar-refractivity contribution is 5.22. The fourth-order valence-electron chi connectivity index (χ4n) is 3.97. The van der Waals surface area contributed by atoms with Crippen LogP contribution in [0.3, 0.4) is 0 Å². The normalized spacial score (nSPS) is 40.6. The van der Waals surface area contributed by atoms with E-state index in [1.165, 1.54) is 0 Å². The summed E-state index contributed by atoms with van der Waals surface area (Å²) in [5, 5.41) is 37.7. The minimum atomic E-state index is -0.694. The van der Waals surface area contributed by atoms with E-state index in [1.54, 1.807) is 0 Å². The van der Waals surface area contributed by atoms with Gasteiger partial charge in [-0.15, -0.1) is 0 Å². The van der Waals surface area contributed by atoms with Crippen LogP contribution in [0.15, 0.2) is 0 Å². The molecule has 0 aromatic carbocycles. The van der Waals surface area contributed by atoms with Crippen LogP contribution in [0.25, 0.3) is 0 Å². The molecule has 0 heterocycles. The lowest BCUT2D eigenvalue weighted by atomic mass is 9.51. The first-order valence-electron chi connectivity index (χ1n) is 7.27. The molecule has 2 aliphatic rings. The summed E-state index contributed by atoms with van der Waals surface area (Å²) in [6.07, 6.45) is 5.55. The van der Waals surface area contributed by atoms with Crippen LogP contribution in [0.5, 0.6) is 0 Å². The Morgan fingerprint density at radius 1 is 0.700 bits per heavy atom. The van der Waals surface area contributed by atoms with Gasteiger partial charge in [-0.25, -0.2) is 0 Å². The first-order valence-corrected chi connectivity index (χ1v) is 7.27. The molecule has 2 rings (SSSR count). The quantitative estimate of drug-likeness (QED) is 0.726. The molecule has 0 aliphatic heterocycles. The van der Waals surface area contributed by atoms with Gasteiger partial charge in [0.25, 0.3) is 0 Å². The van der Waals surface area contributed by atoms with Gasteiger partial charge in [0.1, 0.15) is 0 Å². The molecule has 0 spiro atoms. The number of nitriles is 4. The van der Waals surface area contributed by atoms with Crippen molar-refractivity contribution in [3.05, 3.63) is 0 Å². The van der Waals surface area contributed by atoms with Crippen LogP contribution < -0.4 is 0 Å². The third-order valence-corrected chi connectivity index (χ3v) is 5.30. The summed E-state index contributed by atoms with van der Waals surface area (Å²) in [7, 11) is 0. The second-order valence-electron chi connectivity index (χ2n) is 6.21. The molecule has 2 fully saturated rings. The molecule has 0 aromatic rings. The highest BCUT2D eigenvalue weighted by atomic mass is 14.6. The van der Waals surface area contributed by atoms with Gasteiger partial charge >= 0.3 is 0 Å². The Morgan fingerprint density at radius 3 is 1.80 bits per heavy atom. The van der Waals surface area contributed by atoms with Gasteiger partial charge in [-0.2, -0.15) is 21.0 Å². The summed E-state index contributed by atoms with van der Waals surface area (Å²) >= 11 is 0. The van der Waals surface area contributed by atoms with Crippen LogP contribution in [0.1, 0.15) is 51.4 Å². The zero-order valence-corrected chi connectivity index (χ0v) is 11.6. The Balaban J connectivity index is 2.30. The Hall–Kier alpha value is -2.04. The van der Waals surface area contributed by atoms with Crippen LogP contribution in [0.2, 0.25) is 0 Å². The van der Waals surface area contributed by atoms with Crippen LogP contribution in [0.4, 0.5) is 0 Å². The maximum Gasteiger partial charge on any atom is 0.0772 e. The molecule has 4 heteroatoms. The molecule has 2 unspecified atom stereocenters. The third kappa shape index (κ3) is 2.13. The van der Waals surface area contributed by atoms with E-state index in [4.69, 9.17) is 10.5 Å². The fourth-order valence-corrected chi connectivity index (χ4v) is 3.97. The average Bonchev–Trinajstić information content (AvgIpc) is 2.54. The van der Waals surface area contributed by atoms with Crippen LogP contribution in [0, 0.1) is 68.0 Å². The van der Waals surface area contributed by atoms with Crippen molar-refractivity contribution in [2.45, 2.75) is 51.4 Å². The van der Waals surface area contributed by atoms with E-state index < -0.39 is 10.8 Å². The van der Waals surface area contributed by atoms with E-state index in [-0.39, 0.29) is 11.8 Å². The van der Waals surface area contributed by atoms with Crippen molar-refractivity contribution in [1.82, 2.24) is 0 Å². The summed E-state index contributed by atoms with van der Waals surface area (Å²) in [5.74, 6) is -0.0927. The molecular formula is C16H18N4. The predicted molar refractivity (Wildman–Crippen MR) is 71.2 cm³/mol. The standard InChI is InChI=1S/C16H18N4/c17-9-13-3-6-15(11-19,7-4-13)16(12-20)5-1-2-14(8-16)10-18/h13-14H,1-8H2. The lowest BCUT2D eigenvalue weighted by Crippen LogP contribution is -2.45. The third-order valence-electron chi connectivity index (χ3n) is 5.30. The maximum absolute atomic E-state index is 9.75. The molecule has 0 bridgehead atoms. The minimum Gasteiger partial charge on any atom is -0.198 e. The molecule has 0 N–H and O–H groups in total. The molecule has 2 saturated carbocycles. The molecule has 0 aromatic heterocycles. The lowest BCUT2D eigenvalue weighted by molar-refractivity contribution is 0.0429. The number of hydrogen-bond acceptors (Lipinski definition) is 4. The highest BCUT2D eigenvalue weighted by Gasteiger charge is 2.55. The van der Waals surface area contributed by atoms with Crippen molar-refractivity contribution in [1.29, 1.82) is 21.0 Å². The zero-order chi connectivity index (χ0) is 14.6. The van der Waals surface area contributed by atoms with Crippen molar-refractivity contribution in [3.8, 4) is 24.3 Å². The van der Waals surface area contributed by atoms with Gasteiger partial charge in [0, 0.05) is 11.8 Å². The second kappa shape index (κ2) is 5.53.